The second-order valence-corrected chi connectivity index (χ2v) is 5.64. The summed E-state index contributed by atoms with van der Waals surface area (Å²) in [6.45, 7) is 3.31. The molecule has 1 aromatic rings. The molecule has 0 radical (unpaired) electrons. The fourth-order valence-electron chi connectivity index (χ4n) is 2.74. The van der Waals surface area contributed by atoms with E-state index >= 15 is 0 Å². The Morgan fingerprint density at radius 1 is 1.30 bits per heavy atom. The summed E-state index contributed by atoms with van der Waals surface area (Å²) in [6.07, 6.45) is 6.28. The summed E-state index contributed by atoms with van der Waals surface area (Å²) in [5.74, 6) is 0.728. The average Bonchev–Trinajstić information content (AvgIpc) is 2.54. The van der Waals surface area contributed by atoms with Crippen LogP contribution in [0.15, 0.2) is 23.2 Å². The molecule has 0 aliphatic heterocycles. The van der Waals surface area contributed by atoms with E-state index in [4.69, 9.17) is 4.74 Å². The molecule has 0 aromatic heterocycles. The quantitative estimate of drug-likeness (QED) is 0.420. The van der Waals surface area contributed by atoms with E-state index < -0.39 is 0 Å². The molecule has 0 saturated heterocycles. The maximum atomic E-state index is 13.7. The Morgan fingerprint density at radius 2 is 2.04 bits per heavy atom. The van der Waals surface area contributed by atoms with Crippen LogP contribution >= 0.6 is 24.0 Å². The van der Waals surface area contributed by atoms with E-state index in [1.807, 2.05) is 13.0 Å². The molecule has 1 saturated carbocycles. The number of benzene rings is 1. The first-order valence-corrected chi connectivity index (χ1v) is 8.10. The van der Waals surface area contributed by atoms with Crippen LogP contribution in [0.4, 0.5) is 4.39 Å². The van der Waals surface area contributed by atoms with Crippen molar-refractivity contribution in [1.82, 2.24) is 10.6 Å². The third kappa shape index (κ3) is 6.53. The van der Waals surface area contributed by atoms with Crippen LogP contribution in [0.3, 0.4) is 0 Å². The van der Waals surface area contributed by atoms with Crippen LogP contribution in [0.5, 0.6) is 5.75 Å². The van der Waals surface area contributed by atoms with Gasteiger partial charge in [-0.3, -0.25) is 0 Å². The van der Waals surface area contributed by atoms with E-state index in [9.17, 15) is 4.39 Å². The van der Waals surface area contributed by atoms with Gasteiger partial charge >= 0.3 is 0 Å². The van der Waals surface area contributed by atoms with Crippen LogP contribution < -0.4 is 15.4 Å². The lowest BCUT2D eigenvalue weighted by Crippen LogP contribution is -2.44. The Bertz CT molecular complexity index is 505. The summed E-state index contributed by atoms with van der Waals surface area (Å²) in [4.78, 5) is 4.56. The molecule has 6 heteroatoms. The van der Waals surface area contributed by atoms with Crippen molar-refractivity contribution < 1.29 is 9.13 Å². The number of hydrogen-bond donors (Lipinski definition) is 2. The zero-order valence-corrected chi connectivity index (χ0v) is 16.2. The largest absolute Gasteiger partial charge is 0.494 e. The topological polar surface area (TPSA) is 45.7 Å². The van der Waals surface area contributed by atoms with Gasteiger partial charge in [0.15, 0.2) is 17.5 Å². The second kappa shape index (κ2) is 10.7. The van der Waals surface area contributed by atoms with Crippen molar-refractivity contribution in [2.24, 2.45) is 4.99 Å². The molecule has 23 heavy (non-hydrogen) atoms. The van der Waals surface area contributed by atoms with Gasteiger partial charge in [-0.15, -0.1) is 24.0 Å². The molecule has 0 atom stereocenters. The first kappa shape index (κ1) is 20.0. The average molecular weight is 435 g/mol. The molecule has 130 valence electrons. The number of rotatable bonds is 5. The number of nitrogens with one attached hydrogen (secondary N) is 2. The van der Waals surface area contributed by atoms with Gasteiger partial charge in [-0.05, 0) is 37.5 Å². The lowest BCUT2D eigenvalue weighted by Gasteiger charge is -2.24. The number of guanidine groups is 1. The maximum absolute atomic E-state index is 13.7. The molecular formula is C17H27FIN3O. The molecule has 0 spiro atoms. The Labute approximate surface area is 155 Å². The minimum absolute atomic E-state index is 0. The standard InChI is InChI=1S/C17H26FN3O.HI/c1-3-19-17(21-14-7-5-4-6-8-14)20-12-13-9-10-16(22-2)15(18)11-13;/h9-11,14H,3-8,12H2,1-2H3,(H2,19,20,21);1H. The smallest absolute Gasteiger partial charge is 0.191 e. The molecule has 1 aliphatic carbocycles. The molecular weight excluding hydrogens is 408 g/mol. The van der Waals surface area contributed by atoms with Crippen molar-refractivity contribution >= 4 is 29.9 Å². The lowest BCUT2D eigenvalue weighted by atomic mass is 9.96. The zero-order chi connectivity index (χ0) is 15.8. The van der Waals surface area contributed by atoms with Crippen molar-refractivity contribution in [1.29, 1.82) is 0 Å². The number of aliphatic imine (C=N–C) groups is 1. The van der Waals surface area contributed by atoms with Crippen LogP contribution in [0, 0.1) is 5.82 Å². The second-order valence-electron chi connectivity index (χ2n) is 5.64. The fourth-order valence-corrected chi connectivity index (χ4v) is 2.74. The van der Waals surface area contributed by atoms with E-state index in [1.54, 1.807) is 6.07 Å². The predicted octanol–water partition coefficient (Wildman–Crippen LogP) is 3.84. The third-order valence-electron chi connectivity index (χ3n) is 3.93. The Hall–Kier alpha value is -1.05. The van der Waals surface area contributed by atoms with Crippen molar-refractivity contribution in [2.45, 2.75) is 51.6 Å². The van der Waals surface area contributed by atoms with Gasteiger partial charge in [-0.25, -0.2) is 9.38 Å². The summed E-state index contributed by atoms with van der Waals surface area (Å²) >= 11 is 0. The number of nitrogens with zero attached hydrogens (tertiary/aromatic N) is 1. The van der Waals surface area contributed by atoms with Crippen LogP contribution in [0.25, 0.3) is 0 Å². The van der Waals surface area contributed by atoms with E-state index in [0.717, 1.165) is 18.1 Å². The van der Waals surface area contributed by atoms with E-state index in [2.05, 4.69) is 15.6 Å². The molecule has 2 rings (SSSR count). The maximum Gasteiger partial charge on any atom is 0.191 e. The van der Waals surface area contributed by atoms with Crippen molar-refractivity contribution in [3.05, 3.63) is 29.6 Å². The van der Waals surface area contributed by atoms with E-state index in [-0.39, 0.29) is 35.5 Å². The summed E-state index contributed by atoms with van der Waals surface area (Å²) in [5.41, 5.74) is 0.833. The highest BCUT2D eigenvalue weighted by molar-refractivity contribution is 14.0. The van der Waals surface area contributed by atoms with Gasteiger partial charge in [0, 0.05) is 12.6 Å². The monoisotopic (exact) mass is 435 g/mol. The van der Waals surface area contributed by atoms with Gasteiger partial charge in [-0.1, -0.05) is 25.3 Å². The van der Waals surface area contributed by atoms with E-state index in [0.29, 0.717) is 12.6 Å². The number of halogens is 2. The molecule has 0 unspecified atom stereocenters. The summed E-state index contributed by atoms with van der Waals surface area (Å²) in [5, 5.41) is 6.74. The van der Waals surface area contributed by atoms with Gasteiger partial charge in [0.1, 0.15) is 0 Å². The third-order valence-corrected chi connectivity index (χ3v) is 3.93. The van der Waals surface area contributed by atoms with Crippen molar-refractivity contribution in [3.63, 3.8) is 0 Å². The summed E-state index contributed by atoms with van der Waals surface area (Å²) in [7, 11) is 1.47. The Balaban J connectivity index is 0.00000264. The SMILES string of the molecule is CCNC(=NCc1ccc(OC)c(F)c1)NC1CCCCC1.I. The first-order valence-electron chi connectivity index (χ1n) is 8.10. The minimum Gasteiger partial charge on any atom is -0.494 e. The Kier molecular flexibility index (Phi) is 9.28. The number of hydrogen-bond acceptors (Lipinski definition) is 2. The predicted molar refractivity (Wildman–Crippen MR) is 103 cm³/mol. The number of methoxy groups -OCH3 is 1. The number of ether oxygens (including phenoxy) is 1. The fraction of sp³-hybridized carbons (Fsp3) is 0.588. The molecule has 0 bridgehead atoms. The highest BCUT2D eigenvalue weighted by atomic mass is 127. The van der Waals surface area contributed by atoms with Crippen molar-refractivity contribution in [2.75, 3.05) is 13.7 Å². The summed E-state index contributed by atoms with van der Waals surface area (Å²) < 4.78 is 18.6. The first-order chi connectivity index (χ1) is 10.7. The summed E-state index contributed by atoms with van der Waals surface area (Å²) in [6, 6.07) is 5.46. The normalized spacial score (nSPS) is 15.7. The zero-order valence-electron chi connectivity index (χ0n) is 13.9. The molecule has 0 heterocycles. The van der Waals surface area contributed by atoms with Crippen molar-refractivity contribution in [3.8, 4) is 5.75 Å². The van der Waals surface area contributed by atoms with Gasteiger partial charge in [0.05, 0.1) is 13.7 Å². The molecule has 4 nitrogen and oxygen atoms in total. The minimum atomic E-state index is -0.347. The van der Waals surface area contributed by atoms with Gasteiger partial charge in [-0.2, -0.15) is 0 Å². The lowest BCUT2D eigenvalue weighted by molar-refractivity contribution is 0.386. The Morgan fingerprint density at radius 3 is 2.65 bits per heavy atom. The molecule has 1 aliphatic rings. The van der Waals surface area contributed by atoms with Crippen LogP contribution in [0.1, 0.15) is 44.6 Å². The molecule has 1 fully saturated rings. The molecule has 0 amide bonds. The van der Waals surface area contributed by atoms with Gasteiger partial charge in [0.2, 0.25) is 0 Å². The molecule has 1 aromatic carbocycles. The van der Waals surface area contributed by atoms with E-state index in [1.165, 1.54) is 45.3 Å². The van der Waals surface area contributed by atoms with Gasteiger partial charge < -0.3 is 15.4 Å². The highest BCUT2D eigenvalue weighted by Gasteiger charge is 2.14. The highest BCUT2D eigenvalue weighted by Crippen LogP contribution is 2.19. The molecule has 2 N–H and O–H groups in total. The van der Waals surface area contributed by atoms with Crippen LogP contribution in [0.2, 0.25) is 0 Å². The van der Waals surface area contributed by atoms with Crippen LogP contribution in [-0.2, 0) is 6.54 Å². The van der Waals surface area contributed by atoms with Crippen LogP contribution in [-0.4, -0.2) is 25.7 Å². The van der Waals surface area contributed by atoms with Gasteiger partial charge in [0.25, 0.3) is 0 Å².